The third kappa shape index (κ3) is 2.68. The largest absolute Gasteiger partial charge is 0.269 e. The lowest BCUT2D eigenvalue weighted by molar-refractivity contribution is -0.688. The average Bonchev–Trinajstić information content (AvgIpc) is 2.39. The van der Waals surface area contributed by atoms with Crippen LogP contribution in [0.25, 0.3) is 0 Å². The predicted octanol–water partition coefficient (Wildman–Crippen LogP) is 1.80. The Kier molecular flexibility index (Phi) is 3.30. The number of hydrogen-bond acceptors (Lipinski definition) is 3. The smallest absolute Gasteiger partial charge is 0.258 e. The van der Waals surface area contributed by atoms with Gasteiger partial charge in [-0.15, -0.1) is 0 Å². The molecule has 0 aliphatic heterocycles. The summed E-state index contributed by atoms with van der Waals surface area (Å²) in [5, 5.41) is 19.3. The van der Waals surface area contributed by atoms with E-state index in [4.69, 9.17) is 5.26 Å². The highest BCUT2D eigenvalue weighted by Gasteiger charge is 2.07. The zero-order valence-electron chi connectivity index (χ0n) is 9.48. The Labute approximate surface area is 104 Å². The summed E-state index contributed by atoms with van der Waals surface area (Å²) in [6.07, 6.45) is 3.59. The second-order valence-electron chi connectivity index (χ2n) is 3.80. The van der Waals surface area contributed by atoms with Crippen molar-refractivity contribution >= 4 is 5.69 Å². The van der Waals surface area contributed by atoms with Crippen molar-refractivity contribution in [1.29, 1.82) is 5.26 Å². The molecule has 1 aromatic carbocycles. The fourth-order valence-electron chi connectivity index (χ4n) is 1.62. The average molecular weight is 240 g/mol. The zero-order chi connectivity index (χ0) is 13.0. The number of hydrogen-bond donors (Lipinski definition) is 0. The summed E-state index contributed by atoms with van der Waals surface area (Å²) in [5.74, 6) is 0. The minimum Gasteiger partial charge on any atom is -0.258 e. The number of pyridine rings is 1. The summed E-state index contributed by atoms with van der Waals surface area (Å²) < 4.78 is 1.86. The van der Waals surface area contributed by atoms with Crippen molar-refractivity contribution in [1.82, 2.24) is 0 Å². The Balaban J connectivity index is 2.18. The van der Waals surface area contributed by atoms with Crippen LogP contribution in [0.15, 0.2) is 48.8 Å². The molecule has 2 rings (SSSR count). The van der Waals surface area contributed by atoms with Crippen LogP contribution in [-0.4, -0.2) is 4.92 Å². The van der Waals surface area contributed by atoms with Crippen LogP contribution in [0.1, 0.15) is 11.1 Å². The molecule has 0 unspecified atom stereocenters. The molecule has 0 atom stereocenters. The minimum absolute atomic E-state index is 0.0783. The van der Waals surface area contributed by atoms with Gasteiger partial charge in [-0.3, -0.25) is 10.1 Å². The lowest BCUT2D eigenvalue weighted by Gasteiger charge is -1.98. The molecule has 0 amide bonds. The number of non-ortho nitro benzene ring substituents is 1. The molecule has 88 valence electrons. The van der Waals surface area contributed by atoms with Crippen LogP contribution in [-0.2, 0) is 6.54 Å². The first-order valence-electron chi connectivity index (χ1n) is 5.31. The lowest BCUT2D eigenvalue weighted by atomic mass is 10.2. The maximum Gasteiger partial charge on any atom is 0.269 e. The molecular formula is C13H10N3O2+. The second kappa shape index (κ2) is 5.06. The van der Waals surface area contributed by atoms with Gasteiger partial charge in [0, 0.05) is 23.8 Å². The van der Waals surface area contributed by atoms with Crippen molar-refractivity contribution in [2.24, 2.45) is 0 Å². The van der Waals surface area contributed by atoms with Gasteiger partial charge in [0.15, 0.2) is 18.9 Å². The monoisotopic (exact) mass is 240 g/mol. The van der Waals surface area contributed by atoms with Gasteiger partial charge >= 0.3 is 0 Å². The topological polar surface area (TPSA) is 70.8 Å². The molecule has 0 aliphatic carbocycles. The molecule has 18 heavy (non-hydrogen) atoms. The van der Waals surface area contributed by atoms with Gasteiger partial charge in [0.1, 0.15) is 11.6 Å². The lowest BCUT2D eigenvalue weighted by Crippen LogP contribution is -2.33. The maximum absolute atomic E-state index is 10.5. The number of nitriles is 1. The number of nitro groups is 1. The van der Waals surface area contributed by atoms with E-state index >= 15 is 0 Å². The molecule has 0 N–H and O–H groups in total. The number of benzene rings is 1. The van der Waals surface area contributed by atoms with E-state index in [9.17, 15) is 10.1 Å². The third-order valence-electron chi connectivity index (χ3n) is 2.50. The molecule has 1 aromatic heterocycles. The summed E-state index contributed by atoms with van der Waals surface area (Å²) >= 11 is 0. The molecule has 2 aromatic rings. The van der Waals surface area contributed by atoms with E-state index < -0.39 is 4.92 Å². The van der Waals surface area contributed by atoms with Crippen LogP contribution in [0.3, 0.4) is 0 Å². The van der Waals surface area contributed by atoms with E-state index in [1.807, 2.05) is 10.8 Å². The zero-order valence-corrected chi connectivity index (χ0v) is 9.48. The summed E-state index contributed by atoms with van der Waals surface area (Å²) in [6.45, 7) is 0.577. The van der Waals surface area contributed by atoms with Gasteiger partial charge < -0.3 is 0 Å². The molecular weight excluding hydrogens is 230 g/mol. The summed E-state index contributed by atoms with van der Waals surface area (Å²) in [4.78, 5) is 10.1. The van der Waals surface area contributed by atoms with Crippen LogP contribution < -0.4 is 4.57 Å². The highest BCUT2D eigenvalue weighted by Crippen LogP contribution is 2.11. The number of nitrogens with zero attached hydrogens (tertiary/aromatic N) is 3. The molecule has 1 heterocycles. The summed E-state index contributed by atoms with van der Waals surface area (Å²) in [5.41, 5.74) is 1.61. The highest BCUT2D eigenvalue weighted by molar-refractivity contribution is 5.32. The molecule has 0 radical (unpaired) electrons. The Morgan fingerprint density at radius 2 is 2.00 bits per heavy atom. The van der Waals surface area contributed by atoms with Crippen molar-refractivity contribution in [3.05, 3.63) is 70.0 Å². The molecule has 0 saturated carbocycles. The standard InChI is InChI=1S/C13H10N3O2/c14-8-12-2-1-7-15(10-12)9-11-3-5-13(6-4-11)16(17)18/h1-7,10H,9H2/q+1. The first-order chi connectivity index (χ1) is 8.69. The van der Waals surface area contributed by atoms with Crippen molar-refractivity contribution in [2.75, 3.05) is 0 Å². The highest BCUT2D eigenvalue weighted by atomic mass is 16.6. The SMILES string of the molecule is N#Cc1ccc[n+](Cc2ccc([N+](=O)[O-])cc2)c1. The van der Waals surface area contributed by atoms with Gasteiger partial charge in [0.05, 0.1) is 4.92 Å². The summed E-state index contributed by atoms with van der Waals surface area (Å²) in [7, 11) is 0. The van der Waals surface area contributed by atoms with E-state index in [0.29, 0.717) is 12.1 Å². The molecule has 5 heteroatoms. The van der Waals surface area contributed by atoms with E-state index in [1.54, 1.807) is 30.5 Å². The fourth-order valence-corrected chi connectivity index (χ4v) is 1.62. The van der Waals surface area contributed by atoms with Gasteiger partial charge in [-0.05, 0) is 18.2 Å². The second-order valence-corrected chi connectivity index (χ2v) is 3.80. The Bertz CT molecular complexity index is 615. The molecule has 0 fully saturated rings. The van der Waals surface area contributed by atoms with Crippen LogP contribution in [0.5, 0.6) is 0 Å². The van der Waals surface area contributed by atoms with E-state index in [0.717, 1.165) is 5.56 Å². The quantitative estimate of drug-likeness (QED) is 0.466. The Hall–Kier alpha value is -2.74. The third-order valence-corrected chi connectivity index (χ3v) is 2.50. The first-order valence-corrected chi connectivity index (χ1v) is 5.31. The molecule has 0 bridgehead atoms. The van der Waals surface area contributed by atoms with Crippen molar-refractivity contribution in [3.63, 3.8) is 0 Å². The van der Waals surface area contributed by atoms with Crippen LogP contribution in [0, 0.1) is 21.4 Å². The molecule has 0 aliphatic rings. The van der Waals surface area contributed by atoms with Crippen molar-refractivity contribution in [3.8, 4) is 6.07 Å². The number of rotatable bonds is 3. The fraction of sp³-hybridized carbons (Fsp3) is 0.0769. The molecule has 0 saturated heterocycles. The normalized spacial score (nSPS) is 9.72. The van der Waals surface area contributed by atoms with E-state index in [1.165, 1.54) is 12.1 Å². The maximum atomic E-state index is 10.5. The first kappa shape index (κ1) is 11.7. The van der Waals surface area contributed by atoms with Crippen LogP contribution >= 0.6 is 0 Å². The molecule has 0 spiro atoms. The van der Waals surface area contributed by atoms with Gasteiger partial charge in [-0.25, -0.2) is 0 Å². The molecule has 5 nitrogen and oxygen atoms in total. The van der Waals surface area contributed by atoms with Gasteiger partial charge in [0.2, 0.25) is 0 Å². The van der Waals surface area contributed by atoms with Gasteiger partial charge in [0.25, 0.3) is 5.69 Å². The predicted molar refractivity (Wildman–Crippen MR) is 63.6 cm³/mol. The Morgan fingerprint density at radius 1 is 1.28 bits per heavy atom. The van der Waals surface area contributed by atoms with Gasteiger partial charge in [-0.1, -0.05) is 0 Å². The minimum atomic E-state index is -0.423. The summed E-state index contributed by atoms with van der Waals surface area (Å²) in [6, 6.07) is 12.0. The van der Waals surface area contributed by atoms with Gasteiger partial charge in [-0.2, -0.15) is 9.83 Å². The van der Waals surface area contributed by atoms with Crippen LogP contribution in [0.2, 0.25) is 0 Å². The van der Waals surface area contributed by atoms with Crippen molar-refractivity contribution < 1.29 is 9.49 Å². The van der Waals surface area contributed by atoms with Crippen molar-refractivity contribution in [2.45, 2.75) is 6.54 Å². The Morgan fingerprint density at radius 3 is 2.61 bits per heavy atom. The van der Waals surface area contributed by atoms with E-state index in [-0.39, 0.29) is 5.69 Å². The van der Waals surface area contributed by atoms with Crippen LogP contribution in [0.4, 0.5) is 5.69 Å². The number of aromatic nitrogens is 1. The van der Waals surface area contributed by atoms with E-state index in [2.05, 4.69) is 6.07 Å². The number of nitro benzene ring substituents is 1.